The van der Waals surface area contributed by atoms with Crippen molar-refractivity contribution in [2.45, 2.75) is 31.3 Å². The smallest absolute Gasteiger partial charge is 0.0726 e. The zero-order chi connectivity index (χ0) is 6.97. The molecule has 0 amide bonds. The van der Waals surface area contributed by atoms with E-state index < -0.39 is 0 Å². The van der Waals surface area contributed by atoms with Crippen LogP contribution in [-0.4, -0.2) is 18.7 Å². The van der Waals surface area contributed by atoms with Crippen molar-refractivity contribution in [3.8, 4) is 0 Å². The van der Waals surface area contributed by atoms with Gasteiger partial charge in [0.1, 0.15) is 0 Å². The lowest BCUT2D eigenvalue weighted by molar-refractivity contribution is 0.0859. The van der Waals surface area contributed by atoms with Crippen LogP contribution < -0.4 is 11.2 Å². The maximum absolute atomic E-state index is 5.81. The first-order valence-corrected chi connectivity index (χ1v) is 3.99. The van der Waals surface area contributed by atoms with Crippen LogP contribution in [0.1, 0.15) is 19.3 Å². The molecule has 1 heterocycles. The summed E-state index contributed by atoms with van der Waals surface area (Å²) in [6.45, 7) is 0.859. The number of hydroxylamine groups is 1. The second kappa shape index (κ2) is 2.49. The largest absolute Gasteiger partial charge is 0.328 e. The Morgan fingerprint density at radius 2 is 2.30 bits per heavy atom. The molecule has 0 aromatic heterocycles. The number of rotatable bonds is 0. The monoisotopic (exact) mass is 142 g/mol. The molecule has 1 saturated heterocycles. The molecule has 3 nitrogen and oxygen atoms in total. The van der Waals surface area contributed by atoms with Crippen LogP contribution in [0, 0.1) is 5.92 Å². The fourth-order valence-electron chi connectivity index (χ4n) is 1.90. The minimum atomic E-state index is 0.421. The van der Waals surface area contributed by atoms with E-state index in [9.17, 15) is 0 Å². The molecule has 0 aromatic rings. The van der Waals surface area contributed by atoms with Crippen molar-refractivity contribution in [2.24, 2.45) is 11.7 Å². The molecule has 3 atom stereocenters. The first-order valence-electron chi connectivity index (χ1n) is 3.99. The number of nitrogens with two attached hydrogens (primary N) is 1. The van der Waals surface area contributed by atoms with Gasteiger partial charge in [-0.2, -0.15) is 5.48 Å². The van der Waals surface area contributed by atoms with Crippen molar-refractivity contribution < 1.29 is 4.84 Å². The number of hydrogen-bond donors (Lipinski definition) is 2. The maximum Gasteiger partial charge on any atom is 0.0726 e. The van der Waals surface area contributed by atoms with Crippen LogP contribution in [0.25, 0.3) is 0 Å². The molecular formula is C7H14N2O. The van der Waals surface area contributed by atoms with Crippen molar-refractivity contribution in [1.29, 1.82) is 0 Å². The van der Waals surface area contributed by atoms with E-state index in [0.717, 1.165) is 19.4 Å². The molecular weight excluding hydrogens is 128 g/mol. The lowest BCUT2D eigenvalue weighted by atomic mass is 9.83. The molecule has 0 aromatic carbocycles. The van der Waals surface area contributed by atoms with Gasteiger partial charge in [0, 0.05) is 18.0 Å². The van der Waals surface area contributed by atoms with Crippen molar-refractivity contribution in [1.82, 2.24) is 5.48 Å². The van der Waals surface area contributed by atoms with Crippen LogP contribution >= 0.6 is 0 Å². The fourth-order valence-corrected chi connectivity index (χ4v) is 1.90. The number of hydrogen-bond acceptors (Lipinski definition) is 3. The predicted molar refractivity (Wildman–Crippen MR) is 38.2 cm³/mol. The summed E-state index contributed by atoms with van der Waals surface area (Å²) in [5.41, 5.74) is 8.83. The Balaban J connectivity index is 1.96. The Hall–Kier alpha value is -0.120. The van der Waals surface area contributed by atoms with E-state index in [4.69, 9.17) is 10.6 Å². The summed E-state index contributed by atoms with van der Waals surface area (Å²) in [7, 11) is 0. The molecule has 0 bridgehead atoms. The highest BCUT2D eigenvalue weighted by Crippen LogP contribution is 2.27. The highest BCUT2D eigenvalue weighted by molar-refractivity contribution is 4.86. The Morgan fingerprint density at radius 1 is 1.40 bits per heavy atom. The highest BCUT2D eigenvalue weighted by atomic mass is 16.7. The summed E-state index contributed by atoms with van der Waals surface area (Å²) in [6.07, 6.45) is 3.47. The summed E-state index contributed by atoms with van der Waals surface area (Å²) in [5.74, 6) is 0.684. The van der Waals surface area contributed by atoms with E-state index in [2.05, 4.69) is 5.48 Å². The molecule has 3 N–H and O–H groups in total. The average molecular weight is 142 g/mol. The van der Waals surface area contributed by atoms with Gasteiger partial charge in [0.25, 0.3) is 0 Å². The lowest BCUT2D eigenvalue weighted by Gasteiger charge is -2.27. The standard InChI is InChI=1S/C7H14N2O/c8-6-1-2-7-5(3-6)4-10-9-7/h5-7,9H,1-4,8H2. The van der Waals surface area contributed by atoms with Crippen LogP contribution in [0.15, 0.2) is 0 Å². The minimum Gasteiger partial charge on any atom is -0.328 e. The van der Waals surface area contributed by atoms with Crippen molar-refractivity contribution >= 4 is 0 Å². The maximum atomic E-state index is 5.81. The van der Waals surface area contributed by atoms with Crippen molar-refractivity contribution in [3.05, 3.63) is 0 Å². The van der Waals surface area contributed by atoms with Gasteiger partial charge in [-0.1, -0.05) is 0 Å². The average Bonchev–Trinajstić information content (AvgIpc) is 2.33. The Bertz CT molecular complexity index is 129. The summed E-state index contributed by atoms with van der Waals surface area (Å²) >= 11 is 0. The molecule has 1 aliphatic heterocycles. The third-order valence-corrected chi connectivity index (χ3v) is 2.56. The Morgan fingerprint density at radius 3 is 3.20 bits per heavy atom. The molecule has 1 aliphatic carbocycles. The van der Waals surface area contributed by atoms with E-state index in [1.54, 1.807) is 0 Å². The third kappa shape index (κ3) is 1.05. The van der Waals surface area contributed by atoms with Gasteiger partial charge in [-0.15, -0.1) is 0 Å². The van der Waals surface area contributed by atoms with Crippen molar-refractivity contribution in [2.75, 3.05) is 6.61 Å². The SMILES string of the molecule is NC1CCC2NOCC2C1. The van der Waals surface area contributed by atoms with Gasteiger partial charge in [-0.25, -0.2) is 0 Å². The molecule has 58 valence electrons. The van der Waals surface area contributed by atoms with E-state index in [-0.39, 0.29) is 0 Å². The molecule has 0 spiro atoms. The Labute approximate surface area is 60.9 Å². The second-order valence-corrected chi connectivity index (χ2v) is 3.37. The van der Waals surface area contributed by atoms with Crippen LogP contribution in [0.5, 0.6) is 0 Å². The lowest BCUT2D eigenvalue weighted by Crippen LogP contribution is -2.38. The zero-order valence-electron chi connectivity index (χ0n) is 6.05. The van der Waals surface area contributed by atoms with Gasteiger partial charge in [-0.3, -0.25) is 0 Å². The Kier molecular flexibility index (Phi) is 1.64. The van der Waals surface area contributed by atoms with Crippen LogP contribution in [0.2, 0.25) is 0 Å². The topological polar surface area (TPSA) is 47.3 Å². The normalized spacial score (nSPS) is 47.1. The summed E-state index contributed by atoms with van der Waals surface area (Å²) in [4.78, 5) is 5.13. The molecule has 10 heavy (non-hydrogen) atoms. The molecule has 0 radical (unpaired) electrons. The minimum absolute atomic E-state index is 0.421. The van der Waals surface area contributed by atoms with E-state index >= 15 is 0 Å². The summed E-state index contributed by atoms with van der Waals surface area (Å²) < 4.78 is 0. The third-order valence-electron chi connectivity index (χ3n) is 2.56. The van der Waals surface area contributed by atoms with Crippen LogP contribution in [0.4, 0.5) is 0 Å². The summed E-state index contributed by atoms with van der Waals surface area (Å²) in [5, 5.41) is 0. The van der Waals surface area contributed by atoms with Gasteiger partial charge in [0.05, 0.1) is 6.61 Å². The van der Waals surface area contributed by atoms with Gasteiger partial charge in [0.15, 0.2) is 0 Å². The van der Waals surface area contributed by atoms with Crippen LogP contribution in [0.3, 0.4) is 0 Å². The second-order valence-electron chi connectivity index (χ2n) is 3.37. The molecule has 2 rings (SSSR count). The highest BCUT2D eigenvalue weighted by Gasteiger charge is 2.33. The zero-order valence-corrected chi connectivity index (χ0v) is 6.05. The first kappa shape index (κ1) is 6.58. The van der Waals surface area contributed by atoms with E-state index in [0.29, 0.717) is 18.0 Å². The van der Waals surface area contributed by atoms with Gasteiger partial charge >= 0.3 is 0 Å². The molecule has 3 unspecified atom stereocenters. The number of nitrogens with one attached hydrogen (secondary N) is 1. The predicted octanol–water partition coefficient (Wildman–Crippen LogP) is 0.0172. The van der Waals surface area contributed by atoms with E-state index in [1.165, 1.54) is 6.42 Å². The number of fused-ring (bicyclic) bond motifs is 1. The van der Waals surface area contributed by atoms with Gasteiger partial charge < -0.3 is 10.6 Å². The van der Waals surface area contributed by atoms with Crippen LogP contribution in [-0.2, 0) is 4.84 Å². The molecule has 2 aliphatic rings. The molecule has 3 heteroatoms. The van der Waals surface area contributed by atoms with E-state index in [1.807, 2.05) is 0 Å². The van der Waals surface area contributed by atoms with Crippen molar-refractivity contribution in [3.63, 3.8) is 0 Å². The molecule has 1 saturated carbocycles. The fraction of sp³-hybridized carbons (Fsp3) is 1.00. The van der Waals surface area contributed by atoms with Gasteiger partial charge in [-0.05, 0) is 19.3 Å². The quantitative estimate of drug-likeness (QED) is 0.501. The first-order chi connectivity index (χ1) is 4.86. The van der Waals surface area contributed by atoms with Gasteiger partial charge in [0.2, 0.25) is 0 Å². The summed E-state index contributed by atoms with van der Waals surface area (Å²) in [6, 6.07) is 1.02. The molecule has 2 fully saturated rings.